The Kier molecular flexibility index (Phi) is 4.88. The van der Waals surface area contributed by atoms with Gasteiger partial charge in [0.15, 0.2) is 0 Å². The monoisotopic (exact) mass is 291 g/mol. The normalized spacial score (nSPS) is 12.0. The minimum Gasteiger partial charge on any atom is -0.496 e. The lowest BCUT2D eigenvalue weighted by Crippen LogP contribution is -2.14. The van der Waals surface area contributed by atoms with Crippen LogP contribution < -0.4 is 14.8 Å². The highest BCUT2D eigenvalue weighted by molar-refractivity contribution is 6.30. The summed E-state index contributed by atoms with van der Waals surface area (Å²) in [5.41, 5.74) is 0.984. The van der Waals surface area contributed by atoms with Crippen molar-refractivity contribution in [3.63, 3.8) is 0 Å². The first-order valence-corrected chi connectivity index (χ1v) is 6.81. The zero-order valence-corrected chi connectivity index (χ0v) is 12.6. The van der Waals surface area contributed by atoms with Crippen LogP contribution in [0.1, 0.15) is 18.5 Å². The van der Waals surface area contributed by atoms with Gasteiger partial charge in [0.1, 0.15) is 17.2 Å². The molecule has 0 spiro atoms. The van der Waals surface area contributed by atoms with Crippen molar-refractivity contribution in [2.24, 2.45) is 0 Å². The van der Waals surface area contributed by atoms with Crippen LogP contribution in [-0.4, -0.2) is 14.2 Å². The average Bonchev–Trinajstić information content (AvgIpc) is 2.46. The molecule has 2 aromatic rings. The van der Waals surface area contributed by atoms with Crippen molar-refractivity contribution in [1.29, 1.82) is 0 Å². The number of methoxy groups -OCH3 is 1. The lowest BCUT2D eigenvalue weighted by Gasteiger charge is -2.19. The maximum atomic E-state index is 5.98. The van der Waals surface area contributed by atoms with Crippen LogP contribution >= 0.6 is 11.6 Å². The molecule has 0 aromatic heterocycles. The zero-order chi connectivity index (χ0) is 14.5. The Hall–Kier alpha value is -1.71. The summed E-state index contributed by atoms with van der Waals surface area (Å²) in [5, 5.41) is 3.85. The van der Waals surface area contributed by atoms with Gasteiger partial charge in [0.25, 0.3) is 0 Å². The Labute approximate surface area is 124 Å². The van der Waals surface area contributed by atoms with Gasteiger partial charge in [-0.25, -0.2) is 0 Å². The maximum Gasteiger partial charge on any atom is 0.135 e. The van der Waals surface area contributed by atoms with E-state index in [4.69, 9.17) is 21.1 Å². The summed E-state index contributed by atoms with van der Waals surface area (Å²) in [7, 11) is 3.56. The minimum absolute atomic E-state index is 0.111. The van der Waals surface area contributed by atoms with E-state index >= 15 is 0 Å². The van der Waals surface area contributed by atoms with E-state index < -0.39 is 0 Å². The second kappa shape index (κ2) is 6.64. The van der Waals surface area contributed by atoms with E-state index in [9.17, 15) is 0 Å². The number of hydrogen-bond acceptors (Lipinski definition) is 3. The molecule has 0 aliphatic carbocycles. The van der Waals surface area contributed by atoms with E-state index in [2.05, 4.69) is 12.2 Å². The first-order valence-electron chi connectivity index (χ1n) is 6.43. The van der Waals surface area contributed by atoms with E-state index in [-0.39, 0.29) is 6.04 Å². The van der Waals surface area contributed by atoms with E-state index in [0.717, 1.165) is 17.1 Å². The molecule has 106 valence electrons. The predicted octanol–water partition coefficient (Wildman–Crippen LogP) is 4.42. The molecule has 0 saturated carbocycles. The van der Waals surface area contributed by atoms with Crippen LogP contribution in [0.5, 0.6) is 17.2 Å². The number of ether oxygens (including phenoxy) is 2. The smallest absolute Gasteiger partial charge is 0.135 e. The summed E-state index contributed by atoms with van der Waals surface area (Å²) in [6.45, 7) is 2.06. The predicted molar refractivity (Wildman–Crippen MR) is 82.0 cm³/mol. The molecule has 1 atom stereocenters. The fourth-order valence-corrected chi connectivity index (χ4v) is 2.20. The molecule has 0 radical (unpaired) electrons. The van der Waals surface area contributed by atoms with Gasteiger partial charge >= 0.3 is 0 Å². The highest BCUT2D eigenvalue weighted by atomic mass is 35.5. The molecule has 0 saturated heterocycles. The second-order valence-electron chi connectivity index (χ2n) is 4.44. The van der Waals surface area contributed by atoms with Gasteiger partial charge in [-0.15, -0.1) is 0 Å². The van der Waals surface area contributed by atoms with Crippen molar-refractivity contribution in [3.8, 4) is 17.2 Å². The SMILES string of the molecule is CNC(C)c1c(OC)cccc1Oc1cccc(Cl)c1. The average molecular weight is 292 g/mol. The highest BCUT2D eigenvalue weighted by Crippen LogP contribution is 2.36. The summed E-state index contributed by atoms with van der Waals surface area (Å²) in [5.74, 6) is 2.26. The molecule has 0 amide bonds. The molecule has 1 unspecified atom stereocenters. The van der Waals surface area contributed by atoms with Crippen LogP contribution in [-0.2, 0) is 0 Å². The van der Waals surface area contributed by atoms with E-state index in [1.807, 2.05) is 43.4 Å². The molecule has 20 heavy (non-hydrogen) atoms. The molecule has 2 rings (SSSR count). The molecular formula is C16H18ClNO2. The van der Waals surface area contributed by atoms with Gasteiger partial charge in [-0.3, -0.25) is 0 Å². The molecule has 0 fully saturated rings. The summed E-state index contributed by atoms with van der Waals surface area (Å²) in [6, 6.07) is 13.2. The van der Waals surface area contributed by atoms with Crippen molar-refractivity contribution in [3.05, 3.63) is 53.1 Å². The summed E-state index contributed by atoms with van der Waals surface area (Å²) < 4.78 is 11.4. The minimum atomic E-state index is 0.111. The Balaban J connectivity index is 2.40. The van der Waals surface area contributed by atoms with Gasteiger partial charge in [-0.2, -0.15) is 0 Å². The zero-order valence-electron chi connectivity index (χ0n) is 11.8. The third-order valence-corrected chi connectivity index (χ3v) is 3.37. The summed E-state index contributed by atoms with van der Waals surface area (Å²) in [6.07, 6.45) is 0. The maximum absolute atomic E-state index is 5.98. The van der Waals surface area contributed by atoms with Gasteiger partial charge in [0.05, 0.1) is 12.7 Å². The number of benzene rings is 2. The highest BCUT2D eigenvalue weighted by Gasteiger charge is 2.16. The fourth-order valence-electron chi connectivity index (χ4n) is 2.02. The molecule has 3 nitrogen and oxygen atoms in total. The number of hydrogen-bond donors (Lipinski definition) is 1. The lowest BCUT2D eigenvalue weighted by molar-refractivity contribution is 0.393. The van der Waals surface area contributed by atoms with Crippen molar-refractivity contribution < 1.29 is 9.47 Å². The molecule has 0 bridgehead atoms. The van der Waals surface area contributed by atoms with E-state index in [1.54, 1.807) is 13.2 Å². The van der Waals surface area contributed by atoms with Crippen molar-refractivity contribution in [2.45, 2.75) is 13.0 Å². The van der Waals surface area contributed by atoms with Crippen LogP contribution in [0, 0.1) is 0 Å². The second-order valence-corrected chi connectivity index (χ2v) is 4.88. The van der Waals surface area contributed by atoms with Crippen LogP contribution in [0.4, 0.5) is 0 Å². The van der Waals surface area contributed by atoms with Crippen molar-refractivity contribution >= 4 is 11.6 Å². The molecular weight excluding hydrogens is 274 g/mol. The Morgan fingerprint density at radius 1 is 1.10 bits per heavy atom. The molecule has 2 aromatic carbocycles. The van der Waals surface area contributed by atoms with Crippen LogP contribution in [0.3, 0.4) is 0 Å². The van der Waals surface area contributed by atoms with Gasteiger partial charge < -0.3 is 14.8 Å². The van der Waals surface area contributed by atoms with E-state index in [0.29, 0.717) is 10.8 Å². The van der Waals surface area contributed by atoms with Crippen molar-refractivity contribution in [1.82, 2.24) is 5.32 Å². The number of rotatable bonds is 5. The molecule has 0 heterocycles. The fraction of sp³-hybridized carbons (Fsp3) is 0.250. The third-order valence-electron chi connectivity index (χ3n) is 3.14. The van der Waals surface area contributed by atoms with Gasteiger partial charge in [-0.1, -0.05) is 23.7 Å². The quantitative estimate of drug-likeness (QED) is 0.884. The summed E-state index contributed by atoms with van der Waals surface area (Å²) in [4.78, 5) is 0. The first kappa shape index (κ1) is 14.7. The van der Waals surface area contributed by atoms with Crippen molar-refractivity contribution in [2.75, 3.05) is 14.2 Å². The van der Waals surface area contributed by atoms with E-state index in [1.165, 1.54) is 0 Å². The number of nitrogens with one attached hydrogen (secondary N) is 1. The molecule has 0 aliphatic rings. The number of halogens is 1. The standard InChI is InChI=1S/C16H18ClNO2/c1-11(18-2)16-14(19-3)8-5-9-15(16)20-13-7-4-6-12(17)10-13/h4-11,18H,1-3H3. The lowest BCUT2D eigenvalue weighted by atomic mass is 10.1. The van der Waals surface area contributed by atoms with Gasteiger partial charge in [-0.05, 0) is 44.3 Å². The summed E-state index contributed by atoms with van der Waals surface area (Å²) >= 11 is 5.98. The molecule has 0 aliphatic heterocycles. The Morgan fingerprint density at radius 3 is 2.45 bits per heavy atom. The van der Waals surface area contributed by atoms with Crippen LogP contribution in [0.2, 0.25) is 5.02 Å². The third kappa shape index (κ3) is 3.24. The Bertz CT molecular complexity index is 586. The van der Waals surface area contributed by atoms with Crippen LogP contribution in [0.15, 0.2) is 42.5 Å². The molecule has 4 heteroatoms. The largest absolute Gasteiger partial charge is 0.496 e. The van der Waals surface area contributed by atoms with Gasteiger partial charge in [0.2, 0.25) is 0 Å². The van der Waals surface area contributed by atoms with Gasteiger partial charge in [0, 0.05) is 11.1 Å². The topological polar surface area (TPSA) is 30.5 Å². The first-order chi connectivity index (χ1) is 9.65. The van der Waals surface area contributed by atoms with Crippen LogP contribution in [0.25, 0.3) is 0 Å². The Morgan fingerprint density at radius 2 is 1.80 bits per heavy atom. The molecule has 1 N–H and O–H groups in total.